The van der Waals surface area contributed by atoms with Crippen LogP contribution < -0.4 is 5.56 Å². The number of pyridine rings is 1. The molecule has 132 valence electrons. The number of nitrogens with one attached hydrogen (secondary N) is 1. The summed E-state index contributed by atoms with van der Waals surface area (Å²) in [5.41, 5.74) is 2.22. The van der Waals surface area contributed by atoms with Crippen LogP contribution in [0.2, 0.25) is 0 Å². The van der Waals surface area contributed by atoms with Crippen molar-refractivity contribution in [2.24, 2.45) is 4.36 Å². The van der Waals surface area contributed by atoms with Crippen molar-refractivity contribution < 1.29 is 4.21 Å². The highest BCUT2D eigenvalue weighted by molar-refractivity contribution is 7.93. The molecule has 0 amide bonds. The first kappa shape index (κ1) is 17.6. The maximum atomic E-state index is 12.8. The predicted molar refractivity (Wildman–Crippen MR) is 101 cm³/mol. The van der Waals surface area contributed by atoms with E-state index in [2.05, 4.69) is 19.3 Å². The van der Waals surface area contributed by atoms with Crippen LogP contribution in [0.25, 0.3) is 21.8 Å². The molecule has 1 aromatic carbocycles. The summed E-state index contributed by atoms with van der Waals surface area (Å²) in [5, 5.41) is 3.01. The molecule has 2 heterocycles. The van der Waals surface area contributed by atoms with Gasteiger partial charge in [0.2, 0.25) is 0 Å². The summed E-state index contributed by atoms with van der Waals surface area (Å²) in [7, 11) is -0.969. The van der Waals surface area contributed by atoms with E-state index in [9.17, 15) is 9.00 Å². The van der Waals surface area contributed by atoms with Crippen molar-refractivity contribution in [3.63, 3.8) is 0 Å². The van der Waals surface area contributed by atoms with Crippen molar-refractivity contribution in [3.8, 4) is 16.9 Å². The molecule has 0 aliphatic carbocycles. The first-order chi connectivity index (χ1) is 12.4. The van der Waals surface area contributed by atoms with Crippen LogP contribution in [0.15, 0.2) is 56.6 Å². The Bertz CT molecular complexity index is 1170. The van der Waals surface area contributed by atoms with Gasteiger partial charge in [-0.25, -0.2) is 23.1 Å². The lowest BCUT2D eigenvalue weighted by Crippen LogP contribution is -2.17. The predicted octanol–water partition coefficient (Wildman–Crippen LogP) is 3.17. The number of H-pyrrole nitrogens is 1. The quantitative estimate of drug-likeness (QED) is 0.722. The average Bonchev–Trinajstić information content (AvgIpc) is 2.96. The molecule has 0 radical (unpaired) electrons. The minimum absolute atomic E-state index is 0.240. The van der Waals surface area contributed by atoms with Gasteiger partial charge in [0.05, 0.1) is 26.8 Å². The van der Waals surface area contributed by atoms with Gasteiger partial charge < -0.3 is 0 Å². The van der Waals surface area contributed by atoms with Gasteiger partial charge in [0.1, 0.15) is 0 Å². The Balaban J connectivity index is 2.07. The van der Waals surface area contributed by atoms with E-state index in [0.717, 1.165) is 5.56 Å². The van der Waals surface area contributed by atoms with Gasteiger partial charge in [0, 0.05) is 25.2 Å². The molecule has 1 N–H and O–H groups in total. The summed E-state index contributed by atoms with van der Waals surface area (Å²) >= 11 is 0. The number of rotatable bonds is 3. The Morgan fingerprint density at radius 3 is 2.46 bits per heavy atom. The molecular formula is C18H17N5O2S. The summed E-state index contributed by atoms with van der Waals surface area (Å²) in [4.78, 5) is 21.0. The van der Waals surface area contributed by atoms with Crippen LogP contribution in [0.5, 0.6) is 0 Å². The lowest BCUT2D eigenvalue weighted by Gasteiger charge is -2.04. The van der Waals surface area contributed by atoms with E-state index in [0.29, 0.717) is 27.7 Å². The van der Waals surface area contributed by atoms with E-state index in [4.69, 9.17) is 6.57 Å². The number of aromatic amines is 1. The van der Waals surface area contributed by atoms with E-state index in [1.807, 2.05) is 0 Å². The number of aryl methyl sites for hydroxylation is 1. The smallest absolute Gasteiger partial charge is 0.280 e. The molecule has 0 fully saturated rings. The summed E-state index contributed by atoms with van der Waals surface area (Å²) < 4.78 is 17.5. The largest absolute Gasteiger partial charge is 0.293 e. The topological polar surface area (TPSA) is 84.5 Å². The average molecular weight is 367 g/mol. The minimum Gasteiger partial charge on any atom is -0.293 e. The van der Waals surface area contributed by atoms with Gasteiger partial charge in [0.15, 0.2) is 11.5 Å². The molecule has 0 aliphatic heterocycles. The molecule has 3 rings (SSSR count). The molecule has 26 heavy (non-hydrogen) atoms. The van der Waals surface area contributed by atoms with Crippen LogP contribution in [0.1, 0.15) is 5.69 Å². The monoisotopic (exact) mass is 367 g/mol. The first-order valence-corrected chi connectivity index (χ1v) is 9.66. The van der Waals surface area contributed by atoms with Crippen LogP contribution >= 0.6 is 0 Å². The molecule has 1 unspecified atom stereocenters. The Morgan fingerprint density at radius 1 is 1.23 bits per heavy atom. The second-order valence-electron chi connectivity index (χ2n) is 5.75. The fourth-order valence-corrected chi connectivity index (χ4v) is 3.36. The normalized spacial score (nSPS) is 13.0. The maximum Gasteiger partial charge on any atom is 0.280 e. The molecule has 0 spiro atoms. The molecule has 0 bridgehead atoms. The van der Waals surface area contributed by atoms with Crippen LogP contribution in [0, 0.1) is 13.5 Å². The summed E-state index contributed by atoms with van der Waals surface area (Å²) in [6.07, 6.45) is 3.01. The Hall–Kier alpha value is -3.18. The van der Waals surface area contributed by atoms with Crippen LogP contribution in [-0.4, -0.2) is 32.3 Å². The lowest BCUT2D eigenvalue weighted by atomic mass is 10.1. The zero-order chi connectivity index (χ0) is 18.9. The standard InChI is InChI=1S/C18H17N5O2S/c1-12-17(13-5-7-14(19-2)8-6-13)18(24)23(22-12)16-10-9-15(11-21-16)26(4,25)20-3/h5-11,22H,1,3-4H3. The van der Waals surface area contributed by atoms with E-state index < -0.39 is 9.73 Å². The number of nitrogens with zero attached hydrogens (tertiary/aromatic N) is 4. The number of benzene rings is 1. The highest BCUT2D eigenvalue weighted by Gasteiger charge is 2.15. The Kier molecular flexibility index (Phi) is 4.49. The fraction of sp³-hybridized carbons (Fsp3) is 0.167. The fourth-order valence-electron chi connectivity index (χ4n) is 2.58. The van der Waals surface area contributed by atoms with Crippen molar-refractivity contribution in [2.75, 3.05) is 13.3 Å². The van der Waals surface area contributed by atoms with E-state index in [1.54, 1.807) is 49.6 Å². The van der Waals surface area contributed by atoms with Crippen molar-refractivity contribution in [1.29, 1.82) is 0 Å². The van der Waals surface area contributed by atoms with Crippen LogP contribution in [0.4, 0.5) is 5.69 Å². The van der Waals surface area contributed by atoms with Crippen molar-refractivity contribution in [1.82, 2.24) is 14.8 Å². The molecule has 2 aromatic heterocycles. The third-order valence-electron chi connectivity index (χ3n) is 4.09. The molecule has 0 saturated carbocycles. The van der Waals surface area contributed by atoms with Gasteiger partial charge in [-0.15, -0.1) is 0 Å². The van der Waals surface area contributed by atoms with Crippen LogP contribution in [-0.2, 0) is 9.73 Å². The van der Waals surface area contributed by atoms with E-state index in [1.165, 1.54) is 17.9 Å². The zero-order valence-electron chi connectivity index (χ0n) is 14.6. The number of hydrogen-bond acceptors (Lipinski definition) is 4. The first-order valence-electron chi connectivity index (χ1n) is 7.73. The highest BCUT2D eigenvalue weighted by atomic mass is 32.2. The minimum atomic E-state index is -2.47. The zero-order valence-corrected chi connectivity index (χ0v) is 15.4. The van der Waals surface area contributed by atoms with Gasteiger partial charge in [-0.05, 0) is 24.6 Å². The highest BCUT2D eigenvalue weighted by Crippen LogP contribution is 2.23. The van der Waals surface area contributed by atoms with Gasteiger partial charge in [-0.3, -0.25) is 9.89 Å². The summed E-state index contributed by atoms with van der Waals surface area (Å²) in [6, 6.07) is 10.1. The SMILES string of the molecule is [C-]#[N+]c1ccc(-c2c(C)[nH]n(-c3ccc(S(C)(=O)=NC)cn3)c2=O)cc1. The van der Waals surface area contributed by atoms with Crippen LogP contribution in [0.3, 0.4) is 0 Å². The number of hydrogen-bond donors (Lipinski definition) is 1. The van der Waals surface area contributed by atoms with Gasteiger partial charge in [-0.1, -0.05) is 24.3 Å². The second-order valence-corrected chi connectivity index (χ2v) is 8.19. The lowest BCUT2D eigenvalue weighted by molar-refractivity contribution is 0.679. The third kappa shape index (κ3) is 3.05. The van der Waals surface area contributed by atoms with Crippen molar-refractivity contribution >= 4 is 15.4 Å². The van der Waals surface area contributed by atoms with Gasteiger partial charge in [-0.2, -0.15) is 0 Å². The molecule has 0 aliphatic rings. The molecule has 0 saturated heterocycles. The van der Waals surface area contributed by atoms with Gasteiger partial charge in [0.25, 0.3) is 5.56 Å². The summed E-state index contributed by atoms with van der Waals surface area (Å²) in [5.74, 6) is 0.400. The van der Waals surface area contributed by atoms with Gasteiger partial charge >= 0.3 is 0 Å². The third-order valence-corrected chi connectivity index (χ3v) is 5.91. The van der Waals surface area contributed by atoms with Crippen molar-refractivity contribution in [3.05, 3.63) is 70.1 Å². The Labute approximate surface area is 151 Å². The molecule has 3 aromatic rings. The second kappa shape index (κ2) is 6.61. The van der Waals surface area contributed by atoms with Crippen molar-refractivity contribution in [2.45, 2.75) is 11.8 Å². The Morgan fingerprint density at radius 2 is 1.92 bits per heavy atom. The maximum absolute atomic E-state index is 12.8. The van der Waals surface area contributed by atoms with E-state index >= 15 is 0 Å². The molecule has 1 atom stereocenters. The molecule has 7 nitrogen and oxygen atoms in total. The summed E-state index contributed by atoms with van der Waals surface area (Å²) in [6.45, 7) is 8.82. The molecular weight excluding hydrogens is 350 g/mol. The number of aromatic nitrogens is 3. The van der Waals surface area contributed by atoms with E-state index in [-0.39, 0.29) is 5.56 Å². The molecule has 8 heteroatoms.